The van der Waals surface area contributed by atoms with Crippen molar-refractivity contribution in [2.75, 3.05) is 0 Å². The summed E-state index contributed by atoms with van der Waals surface area (Å²) in [5, 5.41) is 21.6. The van der Waals surface area contributed by atoms with Gasteiger partial charge < -0.3 is 5.11 Å². The zero-order chi connectivity index (χ0) is 10.7. The molecule has 4 nitrogen and oxygen atoms in total. The van der Waals surface area contributed by atoms with E-state index in [0.29, 0.717) is 6.42 Å². The molecule has 6 aliphatic rings. The van der Waals surface area contributed by atoms with Crippen LogP contribution in [0.2, 0.25) is 0 Å². The first-order valence-corrected chi connectivity index (χ1v) is 5.71. The Bertz CT molecular complexity index is 394. The average Bonchev–Trinajstić information content (AvgIpc) is 1.95. The highest BCUT2D eigenvalue weighted by atomic mass is 16.6. The van der Waals surface area contributed by atoms with Crippen molar-refractivity contribution in [1.82, 2.24) is 0 Å². The fourth-order valence-electron chi connectivity index (χ4n) is 6.37. The maximum atomic E-state index is 11.2. The molecular weight excluding hydrogens is 194 g/mol. The molecule has 0 radical (unpaired) electrons. The van der Waals surface area contributed by atoms with E-state index in [9.17, 15) is 15.2 Å². The van der Waals surface area contributed by atoms with E-state index in [-0.39, 0.29) is 21.7 Å². The van der Waals surface area contributed by atoms with Crippen LogP contribution in [0.3, 0.4) is 0 Å². The molecule has 0 aromatic rings. The van der Waals surface area contributed by atoms with E-state index in [0.717, 1.165) is 25.7 Å². The van der Waals surface area contributed by atoms with Crippen LogP contribution >= 0.6 is 0 Å². The third kappa shape index (κ3) is 0.606. The van der Waals surface area contributed by atoms with Crippen LogP contribution in [0.15, 0.2) is 0 Å². The largest absolute Gasteiger partial charge is 0.389 e. The van der Waals surface area contributed by atoms with Gasteiger partial charge in [0.05, 0.1) is 11.5 Å². The van der Waals surface area contributed by atoms with Gasteiger partial charge in [-0.25, -0.2) is 0 Å². The minimum Gasteiger partial charge on any atom is -0.389 e. The topological polar surface area (TPSA) is 63.4 Å². The second kappa shape index (κ2) is 1.73. The average molecular weight is 209 g/mol. The van der Waals surface area contributed by atoms with Crippen LogP contribution in [0.1, 0.15) is 39.0 Å². The van der Waals surface area contributed by atoms with Crippen LogP contribution in [0.5, 0.6) is 0 Å². The normalized spacial score (nSPS) is 68.3. The first-order valence-electron chi connectivity index (χ1n) is 5.71. The van der Waals surface area contributed by atoms with Crippen molar-refractivity contribution in [2.24, 2.45) is 16.7 Å². The maximum Gasteiger partial charge on any atom is 0.229 e. The molecule has 6 fully saturated rings. The number of hydrogen-bond acceptors (Lipinski definition) is 3. The molecule has 0 saturated heterocycles. The van der Waals surface area contributed by atoms with E-state index in [1.807, 2.05) is 0 Å². The summed E-state index contributed by atoms with van der Waals surface area (Å²) in [6.45, 7) is 2.12. The molecule has 1 spiro atoms. The molecule has 0 heterocycles. The highest BCUT2D eigenvalue weighted by molar-refractivity contribution is 5.36. The van der Waals surface area contributed by atoms with Gasteiger partial charge in [-0.05, 0) is 30.1 Å². The van der Waals surface area contributed by atoms with Crippen LogP contribution < -0.4 is 0 Å². The highest BCUT2D eigenvalue weighted by Crippen LogP contribution is 2.85. The molecule has 6 rings (SSSR count). The number of hydrogen-bond donors (Lipinski definition) is 1. The fourth-order valence-corrected chi connectivity index (χ4v) is 6.37. The van der Waals surface area contributed by atoms with Gasteiger partial charge in [-0.2, -0.15) is 0 Å². The van der Waals surface area contributed by atoms with Gasteiger partial charge in [0.25, 0.3) is 0 Å². The van der Waals surface area contributed by atoms with Crippen molar-refractivity contribution in [3.63, 3.8) is 0 Å². The number of nitro groups is 1. The number of rotatable bonds is 1. The van der Waals surface area contributed by atoms with Gasteiger partial charge >= 0.3 is 0 Å². The third-order valence-electron chi connectivity index (χ3n) is 5.61. The summed E-state index contributed by atoms with van der Waals surface area (Å²) in [5.74, 6) is -0.0191. The van der Waals surface area contributed by atoms with Crippen molar-refractivity contribution >= 4 is 0 Å². The van der Waals surface area contributed by atoms with Gasteiger partial charge in [0.15, 0.2) is 0 Å². The molecule has 0 aliphatic heterocycles. The van der Waals surface area contributed by atoms with Crippen molar-refractivity contribution in [3.8, 4) is 0 Å². The molecule has 6 aliphatic carbocycles. The molecule has 1 N–H and O–H groups in total. The van der Waals surface area contributed by atoms with Crippen LogP contribution in [0.25, 0.3) is 0 Å². The lowest BCUT2D eigenvalue weighted by atomic mass is 9.21. The zero-order valence-corrected chi connectivity index (χ0v) is 8.82. The Kier molecular flexibility index (Phi) is 0.980. The molecule has 6 saturated carbocycles. The van der Waals surface area contributed by atoms with Crippen molar-refractivity contribution < 1.29 is 10.0 Å². The zero-order valence-electron chi connectivity index (χ0n) is 8.82. The lowest BCUT2D eigenvalue weighted by molar-refractivity contribution is -0.660. The Morgan fingerprint density at radius 1 is 1.27 bits per heavy atom. The predicted octanol–water partition coefficient (Wildman–Crippen LogP) is 1.35. The van der Waals surface area contributed by atoms with Crippen molar-refractivity contribution in [1.29, 1.82) is 0 Å². The van der Waals surface area contributed by atoms with E-state index in [1.165, 1.54) is 0 Å². The summed E-state index contributed by atoms with van der Waals surface area (Å²) in [4.78, 5) is 11.2. The van der Waals surface area contributed by atoms with E-state index < -0.39 is 11.1 Å². The van der Waals surface area contributed by atoms with E-state index in [2.05, 4.69) is 6.92 Å². The van der Waals surface area contributed by atoms with Gasteiger partial charge in [-0.15, -0.1) is 0 Å². The molecule has 0 aromatic carbocycles. The molecular formula is C11H15NO3. The SMILES string of the molecule is CC12CC3(O)CC4(C1)CC([N+](=O)[O-])(C2)C34. The molecule has 4 heteroatoms. The Hall–Kier alpha value is -0.640. The molecule has 5 bridgehead atoms. The molecule has 0 aromatic heterocycles. The third-order valence-corrected chi connectivity index (χ3v) is 5.61. The Morgan fingerprint density at radius 2 is 2.00 bits per heavy atom. The standard InChI is InChI=1S/C11H15NO3/c1-8-2-9-5-10(3-8,12(14)15)7(9)11(13,4-8)6-9/h7,13H,2-6H2,1H3. The quantitative estimate of drug-likeness (QED) is 0.523. The van der Waals surface area contributed by atoms with Crippen molar-refractivity contribution in [3.05, 3.63) is 10.1 Å². The molecule has 5 unspecified atom stereocenters. The molecule has 5 atom stereocenters. The minimum absolute atomic E-state index is 0.0191. The summed E-state index contributed by atoms with van der Waals surface area (Å²) in [6, 6.07) is 0. The van der Waals surface area contributed by atoms with Gasteiger partial charge in [0.1, 0.15) is 0 Å². The Morgan fingerprint density at radius 3 is 2.53 bits per heavy atom. The van der Waals surface area contributed by atoms with Crippen LogP contribution in [0, 0.1) is 26.9 Å². The first-order chi connectivity index (χ1) is 6.84. The predicted molar refractivity (Wildman–Crippen MR) is 51.8 cm³/mol. The maximum absolute atomic E-state index is 11.2. The lowest BCUT2D eigenvalue weighted by Gasteiger charge is -2.82. The van der Waals surface area contributed by atoms with Crippen LogP contribution in [-0.4, -0.2) is 21.2 Å². The summed E-state index contributed by atoms with van der Waals surface area (Å²) in [6.07, 6.45) is 4.16. The Labute approximate surface area is 87.8 Å². The fraction of sp³-hybridized carbons (Fsp3) is 1.00. The molecule has 82 valence electrons. The lowest BCUT2D eigenvalue weighted by Crippen LogP contribution is -2.89. The number of aliphatic hydroxyl groups is 1. The first kappa shape index (κ1) is 8.50. The smallest absolute Gasteiger partial charge is 0.229 e. The van der Waals surface area contributed by atoms with E-state index in [1.54, 1.807) is 0 Å². The summed E-state index contributed by atoms with van der Waals surface area (Å²) >= 11 is 0. The Balaban J connectivity index is 1.88. The van der Waals surface area contributed by atoms with E-state index >= 15 is 0 Å². The summed E-state index contributed by atoms with van der Waals surface area (Å²) in [7, 11) is 0. The summed E-state index contributed by atoms with van der Waals surface area (Å²) < 4.78 is 0. The molecule has 15 heavy (non-hydrogen) atoms. The van der Waals surface area contributed by atoms with Crippen molar-refractivity contribution in [2.45, 2.75) is 50.2 Å². The van der Waals surface area contributed by atoms with Gasteiger partial charge in [-0.1, -0.05) is 6.92 Å². The monoisotopic (exact) mass is 209 g/mol. The van der Waals surface area contributed by atoms with Gasteiger partial charge in [-0.3, -0.25) is 10.1 Å². The van der Waals surface area contributed by atoms with Crippen LogP contribution in [0.4, 0.5) is 0 Å². The highest BCUT2D eigenvalue weighted by Gasteiger charge is 2.91. The second-order valence-corrected chi connectivity index (χ2v) is 6.95. The summed E-state index contributed by atoms with van der Waals surface area (Å²) in [5.41, 5.74) is -1.24. The van der Waals surface area contributed by atoms with Gasteiger partial charge in [0, 0.05) is 17.8 Å². The molecule has 0 amide bonds. The number of nitrogens with zero attached hydrogens (tertiary/aromatic N) is 1. The second-order valence-electron chi connectivity index (χ2n) is 6.95. The van der Waals surface area contributed by atoms with Gasteiger partial charge in [0.2, 0.25) is 5.54 Å². The minimum atomic E-state index is -0.752. The van der Waals surface area contributed by atoms with Crippen LogP contribution in [-0.2, 0) is 0 Å². The van der Waals surface area contributed by atoms with E-state index in [4.69, 9.17) is 0 Å².